The van der Waals surface area contributed by atoms with Gasteiger partial charge in [0.25, 0.3) is 0 Å². The first-order valence-electron chi connectivity index (χ1n) is 7.79. The molecular weight excluding hydrogens is 312 g/mol. The number of likely N-dealkylation sites (tertiary alicyclic amines) is 1. The van der Waals surface area contributed by atoms with Crippen LogP contribution in [0.15, 0.2) is 33.6 Å². The van der Waals surface area contributed by atoms with E-state index in [4.69, 9.17) is 8.94 Å². The van der Waals surface area contributed by atoms with Crippen molar-refractivity contribution in [1.29, 1.82) is 0 Å². The molecule has 4 heterocycles. The van der Waals surface area contributed by atoms with Crippen molar-refractivity contribution in [2.75, 3.05) is 13.1 Å². The zero-order valence-electron chi connectivity index (χ0n) is 12.9. The Morgan fingerprint density at radius 3 is 2.91 bits per heavy atom. The highest BCUT2D eigenvalue weighted by Gasteiger charge is 2.27. The van der Waals surface area contributed by atoms with Crippen LogP contribution in [-0.2, 0) is 6.54 Å². The molecule has 0 amide bonds. The Bertz CT molecular complexity index is 757. The Balaban J connectivity index is 1.44. The van der Waals surface area contributed by atoms with Gasteiger partial charge in [-0.2, -0.15) is 0 Å². The third kappa shape index (κ3) is 3.07. The number of hydrogen-bond donors (Lipinski definition) is 0. The minimum Gasteiger partial charge on any atom is -0.472 e. The average molecular weight is 330 g/mol. The van der Waals surface area contributed by atoms with E-state index in [0.717, 1.165) is 54.5 Å². The van der Waals surface area contributed by atoms with E-state index < -0.39 is 0 Å². The molecule has 0 N–H and O–H groups in total. The summed E-state index contributed by atoms with van der Waals surface area (Å²) in [4.78, 5) is 3.48. The van der Waals surface area contributed by atoms with E-state index in [-0.39, 0.29) is 0 Å². The van der Waals surface area contributed by atoms with E-state index in [0.29, 0.717) is 5.92 Å². The van der Waals surface area contributed by atoms with Crippen molar-refractivity contribution >= 4 is 11.5 Å². The molecule has 0 bridgehead atoms. The summed E-state index contributed by atoms with van der Waals surface area (Å²) in [6.07, 6.45) is 5.72. The third-order valence-electron chi connectivity index (χ3n) is 4.33. The predicted molar refractivity (Wildman–Crippen MR) is 86.1 cm³/mol. The minimum atomic E-state index is 0.440. The van der Waals surface area contributed by atoms with Crippen LogP contribution in [-0.4, -0.2) is 32.7 Å². The maximum atomic E-state index is 5.39. The third-order valence-corrected chi connectivity index (χ3v) is 5.08. The van der Waals surface area contributed by atoms with Gasteiger partial charge in [-0.1, -0.05) is 9.64 Å². The first-order valence-corrected chi connectivity index (χ1v) is 8.56. The van der Waals surface area contributed by atoms with Gasteiger partial charge in [-0.05, 0) is 50.5 Å². The average Bonchev–Trinajstić information content (AvgIpc) is 3.29. The molecule has 0 unspecified atom stereocenters. The van der Waals surface area contributed by atoms with Crippen LogP contribution < -0.4 is 0 Å². The van der Waals surface area contributed by atoms with Crippen LogP contribution in [0.25, 0.3) is 10.6 Å². The SMILES string of the molecule is Cc1cc(-c2snnc2C2CCN(Cc3ccoc3)CC2)on1. The minimum absolute atomic E-state index is 0.440. The molecule has 120 valence electrons. The van der Waals surface area contributed by atoms with E-state index in [2.05, 4.69) is 19.6 Å². The fraction of sp³-hybridized carbons (Fsp3) is 0.438. The Morgan fingerprint density at radius 2 is 2.22 bits per heavy atom. The Labute approximate surface area is 138 Å². The van der Waals surface area contributed by atoms with Gasteiger partial charge in [-0.25, -0.2) is 0 Å². The van der Waals surface area contributed by atoms with Gasteiger partial charge < -0.3 is 8.94 Å². The first-order chi connectivity index (χ1) is 11.3. The summed E-state index contributed by atoms with van der Waals surface area (Å²) in [6.45, 7) is 4.99. The molecule has 1 saturated heterocycles. The second kappa shape index (κ2) is 6.25. The fourth-order valence-corrected chi connectivity index (χ4v) is 3.81. The predicted octanol–water partition coefficient (Wildman–Crippen LogP) is 3.47. The number of aryl methyl sites for hydroxylation is 1. The lowest BCUT2D eigenvalue weighted by Gasteiger charge is -2.30. The van der Waals surface area contributed by atoms with E-state index >= 15 is 0 Å². The largest absolute Gasteiger partial charge is 0.472 e. The molecular formula is C16H18N4O2S. The van der Waals surface area contributed by atoms with Crippen LogP contribution in [0.5, 0.6) is 0 Å². The smallest absolute Gasteiger partial charge is 0.180 e. The molecule has 1 fully saturated rings. The zero-order valence-corrected chi connectivity index (χ0v) is 13.8. The maximum Gasteiger partial charge on any atom is 0.180 e. The van der Waals surface area contributed by atoms with Crippen molar-refractivity contribution < 1.29 is 8.94 Å². The molecule has 1 aliphatic rings. The molecule has 0 radical (unpaired) electrons. The molecule has 0 aromatic carbocycles. The normalized spacial score (nSPS) is 16.9. The van der Waals surface area contributed by atoms with Gasteiger partial charge in [-0.3, -0.25) is 4.90 Å². The highest BCUT2D eigenvalue weighted by atomic mass is 32.1. The second-order valence-corrected chi connectivity index (χ2v) is 6.76. The van der Waals surface area contributed by atoms with Crippen molar-refractivity contribution in [1.82, 2.24) is 19.6 Å². The monoisotopic (exact) mass is 330 g/mol. The van der Waals surface area contributed by atoms with Gasteiger partial charge in [0, 0.05) is 24.1 Å². The van der Waals surface area contributed by atoms with Crippen LogP contribution >= 0.6 is 11.5 Å². The summed E-state index contributed by atoms with van der Waals surface area (Å²) in [7, 11) is 0. The lowest BCUT2D eigenvalue weighted by atomic mass is 9.92. The van der Waals surface area contributed by atoms with E-state index in [1.54, 1.807) is 6.26 Å². The van der Waals surface area contributed by atoms with Crippen molar-refractivity contribution in [3.05, 3.63) is 41.6 Å². The summed E-state index contributed by atoms with van der Waals surface area (Å²) < 4.78 is 14.7. The van der Waals surface area contributed by atoms with Crippen LogP contribution in [0.1, 0.15) is 35.7 Å². The first kappa shape index (κ1) is 14.6. The number of furan rings is 1. The number of rotatable bonds is 4. The summed E-state index contributed by atoms with van der Waals surface area (Å²) in [6, 6.07) is 3.98. The molecule has 0 atom stereocenters. The van der Waals surface area contributed by atoms with Gasteiger partial charge in [-0.15, -0.1) is 5.10 Å². The molecule has 7 heteroatoms. The van der Waals surface area contributed by atoms with Crippen molar-refractivity contribution in [2.45, 2.75) is 32.2 Å². The highest BCUT2D eigenvalue weighted by molar-refractivity contribution is 7.09. The molecule has 6 nitrogen and oxygen atoms in total. The number of aromatic nitrogens is 3. The van der Waals surface area contributed by atoms with Gasteiger partial charge in [0.2, 0.25) is 0 Å². The quantitative estimate of drug-likeness (QED) is 0.729. The van der Waals surface area contributed by atoms with Crippen LogP contribution in [0, 0.1) is 6.92 Å². The Kier molecular flexibility index (Phi) is 3.97. The van der Waals surface area contributed by atoms with Crippen molar-refractivity contribution in [3.8, 4) is 10.6 Å². The van der Waals surface area contributed by atoms with E-state index in [1.165, 1.54) is 17.1 Å². The molecule has 0 aliphatic carbocycles. The summed E-state index contributed by atoms with van der Waals surface area (Å²) >= 11 is 1.39. The van der Waals surface area contributed by atoms with Gasteiger partial charge in [0.1, 0.15) is 4.88 Å². The molecule has 0 spiro atoms. The summed E-state index contributed by atoms with van der Waals surface area (Å²) in [5, 5.41) is 8.35. The number of piperidine rings is 1. The van der Waals surface area contributed by atoms with E-state index in [9.17, 15) is 0 Å². The zero-order chi connectivity index (χ0) is 15.6. The maximum absolute atomic E-state index is 5.39. The molecule has 1 aliphatic heterocycles. The van der Waals surface area contributed by atoms with Crippen LogP contribution in [0.4, 0.5) is 0 Å². The van der Waals surface area contributed by atoms with Crippen molar-refractivity contribution in [3.63, 3.8) is 0 Å². The van der Waals surface area contributed by atoms with Crippen molar-refractivity contribution in [2.24, 2.45) is 0 Å². The summed E-state index contributed by atoms with van der Waals surface area (Å²) in [5.41, 5.74) is 3.18. The highest BCUT2D eigenvalue weighted by Crippen LogP contribution is 2.36. The van der Waals surface area contributed by atoms with Gasteiger partial charge in [0.05, 0.1) is 23.9 Å². The summed E-state index contributed by atoms with van der Waals surface area (Å²) in [5.74, 6) is 1.23. The molecule has 0 saturated carbocycles. The lowest BCUT2D eigenvalue weighted by molar-refractivity contribution is 0.203. The molecule has 4 rings (SSSR count). The van der Waals surface area contributed by atoms with Gasteiger partial charge >= 0.3 is 0 Å². The van der Waals surface area contributed by atoms with Gasteiger partial charge in [0.15, 0.2) is 5.76 Å². The molecule has 3 aromatic heterocycles. The van der Waals surface area contributed by atoms with E-state index in [1.807, 2.05) is 25.3 Å². The molecule has 3 aromatic rings. The second-order valence-electron chi connectivity index (χ2n) is 6.00. The number of hydrogen-bond acceptors (Lipinski definition) is 7. The van der Waals surface area contributed by atoms with Crippen LogP contribution in [0.3, 0.4) is 0 Å². The Hall–Kier alpha value is -1.99. The van der Waals surface area contributed by atoms with Crippen LogP contribution in [0.2, 0.25) is 0 Å². The molecule has 23 heavy (non-hydrogen) atoms. The fourth-order valence-electron chi connectivity index (χ4n) is 3.11. The lowest BCUT2D eigenvalue weighted by Crippen LogP contribution is -2.32. The topological polar surface area (TPSA) is 68.2 Å². The number of nitrogens with zero attached hydrogens (tertiary/aromatic N) is 4. The Morgan fingerprint density at radius 1 is 1.35 bits per heavy atom. The standard InChI is InChI=1S/C16H18N4O2S/c1-11-8-14(22-18-11)16-15(17-19-23-16)13-2-5-20(6-3-13)9-12-4-7-21-10-12/h4,7-8,10,13H,2-3,5-6,9H2,1H3.